The molecule has 0 saturated heterocycles. The van der Waals surface area contributed by atoms with Gasteiger partial charge in [0, 0.05) is 5.69 Å². The summed E-state index contributed by atoms with van der Waals surface area (Å²) >= 11 is 1.42. The summed E-state index contributed by atoms with van der Waals surface area (Å²) in [6.07, 6.45) is 0. The molecule has 2 N–H and O–H groups in total. The van der Waals surface area contributed by atoms with Crippen LogP contribution in [0.3, 0.4) is 0 Å². The molecule has 0 saturated carbocycles. The molecule has 0 spiro atoms. The third kappa shape index (κ3) is 3.25. The summed E-state index contributed by atoms with van der Waals surface area (Å²) < 4.78 is 0. The first-order chi connectivity index (χ1) is 10.2. The lowest BCUT2D eigenvalue weighted by Gasteiger charge is -2.10. The number of amides is 1. The summed E-state index contributed by atoms with van der Waals surface area (Å²) in [5, 5.41) is 3.42. The summed E-state index contributed by atoms with van der Waals surface area (Å²) in [4.78, 5) is 19.8. The SMILES string of the molecule is C[C@H](Sc1nc2ccccc2[nH]1)C(=O)Nc1ccccc1. The van der Waals surface area contributed by atoms with E-state index in [0.717, 1.165) is 21.9 Å². The van der Waals surface area contributed by atoms with Crippen LogP contribution in [-0.4, -0.2) is 21.1 Å². The van der Waals surface area contributed by atoms with Crippen LogP contribution in [-0.2, 0) is 4.79 Å². The number of nitrogens with zero attached hydrogens (tertiary/aromatic N) is 1. The van der Waals surface area contributed by atoms with Gasteiger partial charge in [0.1, 0.15) is 0 Å². The maximum Gasteiger partial charge on any atom is 0.237 e. The standard InChI is InChI=1S/C16H15N3OS/c1-11(15(20)17-12-7-3-2-4-8-12)21-16-18-13-9-5-6-10-14(13)19-16/h2-11H,1H3,(H,17,20)(H,18,19)/t11-/m0/s1. The molecule has 4 nitrogen and oxygen atoms in total. The van der Waals surface area contributed by atoms with Crippen LogP contribution in [0.1, 0.15) is 6.92 Å². The summed E-state index contributed by atoms with van der Waals surface area (Å²) in [6, 6.07) is 17.3. The fraction of sp³-hybridized carbons (Fsp3) is 0.125. The minimum absolute atomic E-state index is 0.0355. The van der Waals surface area contributed by atoms with Crippen molar-refractivity contribution < 1.29 is 4.79 Å². The first-order valence-electron chi connectivity index (χ1n) is 6.70. The van der Waals surface area contributed by atoms with Crippen molar-refractivity contribution >= 4 is 34.4 Å². The third-order valence-electron chi connectivity index (χ3n) is 3.07. The number of carbonyl (C=O) groups is 1. The Bertz CT molecular complexity index is 721. The van der Waals surface area contributed by atoms with Crippen molar-refractivity contribution in [1.82, 2.24) is 9.97 Å². The Hall–Kier alpha value is -2.27. The van der Waals surface area contributed by atoms with Gasteiger partial charge in [0.15, 0.2) is 5.16 Å². The number of thioether (sulfide) groups is 1. The number of benzene rings is 2. The van der Waals surface area contributed by atoms with Crippen molar-refractivity contribution in [1.29, 1.82) is 0 Å². The van der Waals surface area contributed by atoms with Gasteiger partial charge in [-0.05, 0) is 31.2 Å². The highest BCUT2D eigenvalue weighted by molar-refractivity contribution is 8.00. The number of para-hydroxylation sites is 3. The van der Waals surface area contributed by atoms with E-state index in [9.17, 15) is 4.79 Å². The number of fused-ring (bicyclic) bond motifs is 1. The Kier molecular flexibility index (Phi) is 3.92. The number of hydrogen-bond acceptors (Lipinski definition) is 3. The van der Waals surface area contributed by atoms with Crippen LogP contribution in [0.25, 0.3) is 11.0 Å². The first-order valence-corrected chi connectivity index (χ1v) is 7.57. The summed E-state index contributed by atoms with van der Waals surface area (Å²) in [5.74, 6) is -0.0355. The van der Waals surface area contributed by atoms with E-state index in [-0.39, 0.29) is 11.2 Å². The molecule has 0 bridgehead atoms. The second-order valence-corrected chi connectivity index (χ2v) is 6.00. The number of anilines is 1. The monoisotopic (exact) mass is 297 g/mol. The molecular formula is C16H15N3OS. The Morgan fingerprint density at radius 1 is 1.14 bits per heavy atom. The molecule has 0 radical (unpaired) electrons. The Morgan fingerprint density at radius 3 is 2.62 bits per heavy atom. The number of nitrogens with one attached hydrogen (secondary N) is 2. The van der Waals surface area contributed by atoms with E-state index < -0.39 is 0 Å². The molecule has 0 aliphatic heterocycles. The van der Waals surface area contributed by atoms with E-state index in [1.165, 1.54) is 11.8 Å². The quantitative estimate of drug-likeness (QED) is 0.722. The minimum atomic E-state index is -0.231. The zero-order chi connectivity index (χ0) is 14.7. The molecule has 5 heteroatoms. The number of imidazole rings is 1. The molecule has 1 aromatic heterocycles. The van der Waals surface area contributed by atoms with Crippen LogP contribution in [0.4, 0.5) is 5.69 Å². The second kappa shape index (κ2) is 6.01. The molecule has 1 atom stereocenters. The molecule has 0 aliphatic rings. The average molecular weight is 297 g/mol. The highest BCUT2D eigenvalue weighted by atomic mass is 32.2. The van der Waals surface area contributed by atoms with Crippen LogP contribution in [0.2, 0.25) is 0 Å². The number of carbonyl (C=O) groups excluding carboxylic acids is 1. The molecular weight excluding hydrogens is 282 g/mol. The Balaban J connectivity index is 1.67. The predicted molar refractivity (Wildman–Crippen MR) is 86.5 cm³/mol. The Morgan fingerprint density at radius 2 is 1.86 bits per heavy atom. The van der Waals surface area contributed by atoms with Crippen molar-refractivity contribution in [3.05, 3.63) is 54.6 Å². The van der Waals surface area contributed by atoms with Crippen molar-refractivity contribution in [2.75, 3.05) is 5.32 Å². The summed E-state index contributed by atoms with van der Waals surface area (Å²) in [6.45, 7) is 1.87. The first kappa shape index (κ1) is 13.7. The lowest BCUT2D eigenvalue weighted by molar-refractivity contribution is -0.115. The predicted octanol–water partition coefficient (Wildman–Crippen LogP) is 3.68. The lowest BCUT2D eigenvalue weighted by atomic mass is 10.3. The zero-order valence-corrected chi connectivity index (χ0v) is 12.4. The lowest BCUT2D eigenvalue weighted by Crippen LogP contribution is -2.22. The van der Waals surface area contributed by atoms with Gasteiger partial charge in [-0.1, -0.05) is 42.1 Å². The molecule has 0 unspecified atom stereocenters. The fourth-order valence-electron chi connectivity index (χ4n) is 1.97. The van der Waals surface area contributed by atoms with Gasteiger partial charge in [0.05, 0.1) is 16.3 Å². The normalized spacial score (nSPS) is 12.2. The maximum absolute atomic E-state index is 12.2. The second-order valence-electron chi connectivity index (χ2n) is 4.67. The van der Waals surface area contributed by atoms with E-state index >= 15 is 0 Å². The molecule has 2 aromatic carbocycles. The van der Waals surface area contributed by atoms with Gasteiger partial charge in [-0.2, -0.15) is 0 Å². The van der Waals surface area contributed by atoms with Crippen LogP contribution >= 0.6 is 11.8 Å². The van der Waals surface area contributed by atoms with Crippen molar-refractivity contribution in [3.8, 4) is 0 Å². The Labute approximate surface area is 127 Å². The minimum Gasteiger partial charge on any atom is -0.333 e. The number of H-pyrrole nitrogens is 1. The van der Waals surface area contributed by atoms with Gasteiger partial charge < -0.3 is 10.3 Å². The number of aromatic nitrogens is 2. The highest BCUT2D eigenvalue weighted by Crippen LogP contribution is 2.24. The fourth-order valence-corrected chi connectivity index (χ4v) is 2.79. The molecule has 3 aromatic rings. The zero-order valence-electron chi connectivity index (χ0n) is 11.5. The van der Waals surface area contributed by atoms with Gasteiger partial charge >= 0.3 is 0 Å². The third-order valence-corrected chi connectivity index (χ3v) is 4.05. The van der Waals surface area contributed by atoms with Crippen molar-refractivity contribution in [2.24, 2.45) is 0 Å². The van der Waals surface area contributed by atoms with Gasteiger partial charge in [-0.25, -0.2) is 4.98 Å². The van der Waals surface area contributed by atoms with Gasteiger partial charge in [0.25, 0.3) is 0 Å². The van der Waals surface area contributed by atoms with E-state index in [1.54, 1.807) is 0 Å². The average Bonchev–Trinajstić information content (AvgIpc) is 2.90. The van der Waals surface area contributed by atoms with Crippen LogP contribution < -0.4 is 5.32 Å². The molecule has 106 valence electrons. The molecule has 0 fully saturated rings. The summed E-state index contributed by atoms with van der Waals surface area (Å²) in [5.41, 5.74) is 2.70. The number of aromatic amines is 1. The largest absolute Gasteiger partial charge is 0.333 e. The van der Waals surface area contributed by atoms with Crippen LogP contribution in [0.15, 0.2) is 59.8 Å². The van der Waals surface area contributed by atoms with Crippen LogP contribution in [0, 0.1) is 0 Å². The highest BCUT2D eigenvalue weighted by Gasteiger charge is 2.16. The van der Waals surface area contributed by atoms with E-state index in [4.69, 9.17) is 0 Å². The summed E-state index contributed by atoms with van der Waals surface area (Å²) in [7, 11) is 0. The smallest absolute Gasteiger partial charge is 0.237 e. The van der Waals surface area contributed by atoms with E-state index in [1.807, 2.05) is 61.5 Å². The van der Waals surface area contributed by atoms with Gasteiger partial charge in [0.2, 0.25) is 5.91 Å². The molecule has 21 heavy (non-hydrogen) atoms. The molecule has 1 amide bonds. The number of rotatable bonds is 4. The van der Waals surface area contributed by atoms with E-state index in [0.29, 0.717) is 0 Å². The van der Waals surface area contributed by atoms with E-state index in [2.05, 4.69) is 15.3 Å². The number of hydrogen-bond donors (Lipinski definition) is 2. The van der Waals surface area contributed by atoms with Gasteiger partial charge in [-0.15, -0.1) is 0 Å². The topological polar surface area (TPSA) is 57.8 Å². The maximum atomic E-state index is 12.2. The van der Waals surface area contributed by atoms with Crippen LogP contribution in [0.5, 0.6) is 0 Å². The molecule has 0 aliphatic carbocycles. The molecule has 3 rings (SSSR count). The van der Waals surface area contributed by atoms with Crippen molar-refractivity contribution in [2.45, 2.75) is 17.3 Å². The molecule has 1 heterocycles. The van der Waals surface area contributed by atoms with Crippen molar-refractivity contribution in [3.63, 3.8) is 0 Å². The van der Waals surface area contributed by atoms with Gasteiger partial charge in [-0.3, -0.25) is 4.79 Å².